The Bertz CT molecular complexity index is 894. The molecule has 0 heterocycles. The lowest BCUT2D eigenvalue weighted by Gasteiger charge is -2.13. The van der Waals surface area contributed by atoms with Gasteiger partial charge in [0.2, 0.25) is 0 Å². The zero-order valence-electron chi connectivity index (χ0n) is 13.0. The Hall–Kier alpha value is -3.60. The van der Waals surface area contributed by atoms with Gasteiger partial charge in [0.25, 0.3) is 0 Å². The minimum atomic E-state index is -1.65. The average Bonchev–Trinajstić information content (AvgIpc) is 3.16. The third kappa shape index (κ3) is 1.48. The Labute approximate surface area is 140 Å². The molecule has 2 aromatic carbocycles. The van der Waals surface area contributed by atoms with Crippen LogP contribution in [0.3, 0.4) is 0 Å². The van der Waals surface area contributed by atoms with Crippen molar-refractivity contribution in [2.45, 2.75) is 12.3 Å². The summed E-state index contributed by atoms with van der Waals surface area (Å²) < 4.78 is 0. The standard InChI is InChI=1S/C20H12N4/c1-18(19(11-21,12-22)20(18,13-23)14-24)17-9-7-16(8-10-17)15-5-3-2-4-6-15/h2-10H,1H3. The molecule has 0 amide bonds. The smallest absolute Gasteiger partial charge is 0.188 e. The summed E-state index contributed by atoms with van der Waals surface area (Å²) in [6, 6.07) is 24.8. The van der Waals surface area contributed by atoms with Crippen molar-refractivity contribution >= 4 is 0 Å². The van der Waals surface area contributed by atoms with E-state index in [1.807, 2.05) is 66.7 Å². The van der Waals surface area contributed by atoms with E-state index in [0.29, 0.717) is 5.56 Å². The highest BCUT2D eigenvalue weighted by Crippen LogP contribution is 2.77. The third-order valence-corrected chi connectivity index (χ3v) is 5.24. The Morgan fingerprint density at radius 3 is 1.46 bits per heavy atom. The van der Waals surface area contributed by atoms with E-state index in [9.17, 15) is 21.0 Å². The highest BCUT2D eigenvalue weighted by atomic mass is 14.8. The molecule has 1 aliphatic rings. The van der Waals surface area contributed by atoms with Crippen LogP contribution in [0, 0.1) is 56.2 Å². The van der Waals surface area contributed by atoms with Crippen LogP contribution in [-0.4, -0.2) is 0 Å². The maximum absolute atomic E-state index is 9.51. The van der Waals surface area contributed by atoms with Gasteiger partial charge in [-0.25, -0.2) is 0 Å². The van der Waals surface area contributed by atoms with E-state index in [0.717, 1.165) is 11.1 Å². The largest absolute Gasteiger partial charge is 0.196 e. The van der Waals surface area contributed by atoms with Crippen LogP contribution in [0.15, 0.2) is 54.6 Å². The van der Waals surface area contributed by atoms with E-state index >= 15 is 0 Å². The molecule has 0 unspecified atom stereocenters. The van der Waals surface area contributed by atoms with Crippen molar-refractivity contribution in [1.82, 2.24) is 0 Å². The fourth-order valence-electron chi connectivity index (χ4n) is 3.61. The minimum Gasteiger partial charge on any atom is -0.196 e. The van der Waals surface area contributed by atoms with Gasteiger partial charge in [-0.05, 0) is 16.7 Å². The van der Waals surface area contributed by atoms with Crippen LogP contribution >= 0.6 is 0 Å². The number of nitrogens with zero attached hydrogens (tertiary/aromatic N) is 4. The molecule has 0 aliphatic heterocycles. The summed E-state index contributed by atoms with van der Waals surface area (Å²) in [7, 11) is 0. The molecular weight excluding hydrogens is 296 g/mol. The van der Waals surface area contributed by atoms with Crippen LogP contribution in [0.1, 0.15) is 12.5 Å². The fourth-order valence-corrected chi connectivity index (χ4v) is 3.61. The minimum absolute atomic E-state index is 0.647. The van der Waals surface area contributed by atoms with E-state index in [4.69, 9.17) is 0 Å². The van der Waals surface area contributed by atoms with Gasteiger partial charge in [-0.2, -0.15) is 21.0 Å². The quantitative estimate of drug-likeness (QED) is 0.845. The molecule has 0 spiro atoms. The summed E-state index contributed by atoms with van der Waals surface area (Å²) in [5.74, 6) is 0. The van der Waals surface area contributed by atoms with E-state index in [1.165, 1.54) is 0 Å². The molecule has 112 valence electrons. The SMILES string of the molecule is CC1(c2ccc(-c3ccccc3)cc2)C(C#N)(C#N)C1(C#N)C#N. The number of nitriles is 4. The normalized spacial score (nSPS) is 18.2. The second kappa shape index (κ2) is 4.96. The summed E-state index contributed by atoms with van der Waals surface area (Å²) in [6.07, 6.45) is 0. The van der Waals surface area contributed by atoms with Crippen molar-refractivity contribution in [3.8, 4) is 35.4 Å². The fraction of sp³-hybridized carbons (Fsp3) is 0.200. The lowest BCUT2D eigenvalue weighted by molar-refractivity contribution is 0.651. The Kier molecular flexibility index (Phi) is 3.16. The molecule has 1 saturated carbocycles. The maximum Gasteiger partial charge on any atom is 0.188 e. The molecule has 1 fully saturated rings. The Morgan fingerprint density at radius 2 is 1.04 bits per heavy atom. The van der Waals surface area contributed by atoms with Gasteiger partial charge in [0, 0.05) is 0 Å². The molecular formula is C20H12N4. The molecule has 4 nitrogen and oxygen atoms in total. The lowest BCUT2D eigenvalue weighted by atomic mass is 9.87. The van der Waals surface area contributed by atoms with Gasteiger partial charge in [0.05, 0.1) is 29.7 Å². The van der Waals surface area contributed by atoms with Gasteiger partial charge >= 0.3 is 0 Å². The van der Waals surface area contributed by atoms with Gasteiger partial charge < -0.3 is 0 Å². The van der Waals surface area contributed by atoms with Crippen LogP contribution in [0.2, 0.25) is 0 Å². The van der Waals surface area contributed by atoms with Crippen molar-refractivity contribution in [3.63, 3.8) is 0 Å². The first-order valence-electron chi connectivity index (χ1n) is 7.38. The van der Waals surface area contributed by atoms with E-state index in [2.05, 4.69) is 0 Å². The second-order valence-electron chi connectivity index (χ2n) is 6.02. The lowest BCUT2D eigenvalue weighted by Crippen LogP contribution is -2.13. The van der Waals surface area contributed by atoms with Crippen LogP contribution in [0.25, 0.3) is 11.1 Å². The summed E-state index contributed by atoms with van der Waals surface area (Å²) in [4.78, 5) is 0. The molecule has 3 rings (SSSR count). The predicted molar refractivity (Wildman–Crippen MR) is 86.5 cm³/mol. The zero-order valence-corrected chi connectivity index (χ0v) is 13.0. The Balaban J connectivity index is 2.11. The zero-order chi connectivity index (χ0) is 17.4. The van der Waals surface area contributed by atoms with E-state index in [-0.39, 0.29) is 0 Å². The molecule has 0 radical (unpaired) electrons. The van der Waals surface area contributed by atoms with Crippen molar-refractivity contribution in [1.29, 1.82) is 21.0 Å². The van der Waals surface area contributed by atoms with Gasteiger partial charge in [-0.15, -0.1) is 0 Å². The first kappa shape index (κ1) is 15.3. The van der Waals surface area contributed by atoms with Crippen molar-refractivity contribution in [2.24, 2.45) is 10.8 Å². The summed E-state index contributed by atoms with van der Waals surface area (Å²) in [5.41, 5.74) is -1.77. The molecule has 0 saturated heterocycles. The van der Waals surface area contributed by atoms with Crippen LogP contribution in [0.4, 0.5) is 0 Å². The summed E-state index contributed by atoms with van der Waals surface area (Å²) >= 11 is 0. The molecule has 4 heteroatoms. The van der Waals surface area contributed by atoms with Gasteiger partial charge in [0.1, 0.15) is 0 Å². The van der Waals surface area contributed by atoms with Gasteiger partial charge in [-0.1, -0.05) is 61.5 Å². The summed E-state index contributed by atoms with van der Waals surface area (Å²) in [5, 5.41) is 38.0. The molecule has 24 heavy (non-hydrogen) atoms. The van der Waals surface area contributed by atoms with Crippen molar-refractivity contribution < 1.29 is 0 Å². The number of hydrogen-bond acceptors (Lipinski definition) is 4. The van der Waals surface area contributed by atoms with E-state index < -0.39 is 16.2 Å². The van der Waals surface area contributed by atoms with Gasteiger partial charge in [-0.3, -0.25) is 0 Å². The number of benzene rings is 2. The third-order valence-electron chi connectivity index (χ3n) is 5.24. The van der Waals surface area contributed by atoms with Crippen LogP contribution in [0.5, 0.6) is 0 Å². The van der Waals surface area contributed by atoms with Gasteiger partial charge in [0.15, 0.2) is 10.8 Å². The molecule has 2 aromatic rings. The first-order valence-corrected chi connectivity index (χ1v) is 7.38. The van der Waals surface area contributed by atoms with E-state index in [1.54, 1.807) is 19.1 Å². The molecule has 0 atom stereocenters. The van der Waals surface area contributed by atoms with Crippen molar-refractivity contribution in [3.05, 3.63) is 60.2 Å². The number of rotatable bonds is 2. The molecule has 0 N–H and O–H groups in total. The molecule has 1 aliphatic carbocycles. The topological polar surface area (TPSA) is 95.2 Å². The average molecular weight is 308 g/mol. The van der Waals surface area contributed by atoms with Crippen LogP contribution in [-0.2, 0) is 5.41 Å². The Morgan fingerprint density at radius 1 is 0.625 bits per heavy atom. The maximum atomic E-state index is 9.51. The molecule has 0 aromatic heterocycles. The highest BCUT2D eigenvalue weighted by molar-refractivity contribution is 5.68. The first-order chi connectivity index (χ1) is 11.6. The second-order valence-corrected chi connectivity index (χ2v) is 6.02. The monoisotopic (exact) mass is 308 g/mol. The molecule has 0 bridgehead atoms. The predicted octanol–water partition coefficient (Wildman–Crippen LogP) is 3.69. The number of hydrogen-bond donors (Lipinski definition) is 0. The highest BCUT2D eigenvalue weighted by Gasteiger charge is 2.90. The van der Waals surface area contributed by atoms with Crippen LogP contribution < -0.4 is 0 Å². The summed E-state index contributed by atoms with van der Waals surface area (Å²) in [6.45, 7) is 1.64. The van der Waals surface area contributed by atoms with Crippen molar-refractivity contribution in [2.75, 3.05) is 0 Å².